The third kappa shape index (κ3) is 6.01. The molecule has 0 radical (unpaired) electrons. The van der Waals surface area contributed by atoms with E-state index in [2.05, 4.69) is 15.6 Å². The van der Waals surface area contributed by atoms with Crippen LogP contribution < -0.4 is 16.4 Å². The average molecular weight is 540 g/mol. The lowest BCUT2D eigenvalue weighted by Crippen LogP contribution is -2.66. The first-order valence-electron chi connectivity index (χ1n) is 13.7. The van der Waals surface area contributed by atoms with Crippen molar-refractivity contribution in [2.75, 3.05) is 59.0 Å². The van der Waals surface area contributed by atoms with Gasteiger partial charge in [-0.05, 0) is 37.6 Å². The van der Waals surface area contributed by atoms with Crippen LogP contribution in [-0.2, 0) is 25.5 Å². The summed E-state index contributed by atoms with van der Waals surface area (Å²) in [6.45, 7) is 3.97. The fourth-order valence-corrected chi connectivity index (χ4v) is 5.71. The van der Waals surface area contributed by atoms with E-state index in [0.29, 0.717) is 32.8 Å². The number of morpholine rings is 1. The summed E-state index contributed by atoms with van der Waals surface area (Å²) in [4.78, 5) is 61.1. The summed E-state index contributed by atoms with van der Waals surface area (Å²) in [5, 5.41) is 7.02. The topological polar surface area (TPSA) is 153 Å². The van der Waals surface area contributed by atoms with E-state index >= 15 is 0 Å². The summed E-state index contributed by atoms with van der Waals surface area (Å²) < 4.78 is 5.38. The molecule has 5 rings (SSSR count). The summed E-state index contributed by atoms with van der Waals surface area (Å²) in [5.74, 6) is -1.25. The number of H-pyrrole nitrogens is 1. The first kappa shape index (κ1) is 26.9. The molecular weight excluding hydrogens is 502 g/mol. The fourth-order valence-electron chi connectivity index (χ4n) is 5.71. The van der Waals surface area contributed by atoms with Gasteiger partial charge in [-0.15, -0.1) is 0 Å². The first-order chi connectivity index (χ1) is 18.9. The van der Waals surface area contributed by atoms with Gasteiger partial charge in [-0.1, -0.05) is 18.2 Å². The molecule has 210 valence electrons. The maximum Gasteiger partial charge on any atom is 0.320 e. The minimum Gasteiger partial charge on any atom is -0.378 e. The van der Waals surface area contributed by atoms with Crippen LogP contribution in [0.25, 0.3) is 10.9 Å². The number of benzene rings is 1. The van der Waals surface area contributed by atoms with Crippen molar-refractivity contribution in [2.45, 2.75) is 31.3 Å². The molecule has 5 amide bonds. The van der Waals surface area contributed by atoms with Crippen LogP contribution >= 0.6 is 0 Å². The van der Waals surface area contributed by atoms with Crippen LogP contribution in [0, 0.1) is 5.92 Å². The van der Waals surface area contributed by atoms with Crippen LogP contribution in [0.4, 0.5) is 4.79 Å². The molecular formula is C27H37N7O5. The highest BCUT2D eigenvalue weighted by Gasteiger charge is 2.41. The maximum absolute atomic E-state index is 13.7. The number of urea groups is 1. The molecule has 1 aromatic carbocycles. The van der Waals surface area contributed by atoms with Gasteiger partial charge in [0.05, 0.1) is 19.8 Å². The van der Waals surface area contributed by atoms with Crippen LogP contribution in [0.3, 0.4) is 0 Å². The van der Waals surface area contributed by atoms with Gasteiger partial charge in [-0.25, -0.2) is 4.79 Å². The van der Waals surface area contributed by atoms with E-state index in [-0.39, 0.29) is 37.4 Å². The normalized spacial score (nSPS) is 21.5. The molecule has 3 saturated heterocycles. The molecule has 0 saturated carbocycles. The molecule has 12 heteroatoms. The second-order valence-corrected chi connectivity index (χ2v) is 10.4. The summed E-state index contributed by atoms with van der Waals surface area (Å²) in [6.07, 6.45) is 3.50. The zero-order chi connectivity index (χ0) is 27.4. The van der Waals surface area contributed by atoms with Crippen molar-refractivity contribution >= 4 is 34.7 Å². The molecule has 3 aliphatic rings. The Kier molecular flexibility index (Phi) is 8.32. The SMILES string of the molecule is NC(=O)[C@@H](Cc1c[nH]c2ccccc12)NC(=O)[C@H]1CN(C(=O)C2CCNCC2)CCN1C(=O)N1CCOCC1. The van der Waals surface area contributed by atoms with Gasteiger partial charge in [-0.2, -0.15) is 0 Å². The number of nitrogens with zero attached hydrogens (tertiary/aromatic N) is 3. The number of fused-ring (bicyclic) bond motifs is 1. The number of ether oxygens (including phenoxy) is 1. The zero-order valence-corrected chi connectivity index (χ0v) is 22.1. The predicted molar refractivity (Wildman–Crippen MR) is 144 cm³/mol. The van der Waals surface area contributed by atoms with Crippen molar-refractivity contribution < 1.29 is 23.9 Å². The van der Waals surface area contributed by atoms with Gasteiger partial charge in [-0.3, -0.25) is 14.4 Å². The number of aromatic nitrogens is 1. The van der Waals surface area contributed by atoms with Crippen LogP contribution in [-0.4, -0.2) is 115 Å². The lowest BCUT2D eigenvalue weighted by Gasteiger charge is -2.44. The lowest BCUT2D eigenvalue weighted by molar-refractivity contribution is -0.142. The van der Waals surface area contributed by atoms with Gasteiger partial charge in [0.1, 0.15) is 12.1 Å². The molecule has 2 aromatic rings. The largest absolute Gasteiger partial charge is 0.378 e. The summed E-state index contributed by atoms with van der Waals surface area (Å²) in [7, 11) is 0. The fraction of sp³-hybridized carbons (Fsp3) is 0.556. The number of para-hydroxylation sites is 1. The van der Waals surface area contributed by atoms with Crippen molar-refractivity contribution in [3.8, 4) is 0 Å². The summed E-state index contributed by atoms with van der Waals surface area (Å²) in [6, 6.07) is 5.51. The molecule has 12 nitrogen and oxygen atoms in total. The molecule has 2 atom stereocenters. The van der Waals surface area contributed by atoms with E-state index in [4.69, 9.17) is 10.5 Å². The molecule has 1 aromatic heterocycles. The van der Waals surface area contributed by atoms with Crippen molar-refractivity contribution in [1.82, 2.24) is 30.3 Å². The van der Waals surface area contributed by atoms with E-state index < -0.39 is 23.9 Å². The molecule has 39 heavy (non-hydrogen) atoms. The molecule has 0 aliphatic carbocycles. The molecule has 0 bridgehead atoms. The molecule has 5 N–H and O–H groups in total. The van der Waals surface area contributed by atoms with E-state index in [0.717, 1.165) is 42.4 Å². The second kappa shape index (κ2) is 12.0. The lowest BCUT2D eigenvalue weighted by atomic mass is 9.95. The Balaban J connectivity index is 1.34. The summed E-state index contributed by atoms with van der Waals surface area (Å²) in [5.41, 5.74) is 7.49. The number of hydrogen-bond acceptors (Lipinski definition) is 6. The number of carbonyl (C=O) groups is 4. The third-order valence-electron chi connectivity index (χ3n) is 7.97. The highest BCUT2D eigenvalue weighted by atomic mass is 16.5. The summed E-state index contributed by atoms with van der Waals surface area (Å²) >= 11 is 0. The molecule has 4 heterocycles. The Morgan fingerprint density at radius 2 is 1.77 bits per heavy atom. The number of amides is 5. The van der Waals surface area contributed by atoms with Crippen LogP contribution in [0.5, 0.6) is 0 Å². The minimum absolute atomic E-state index is 0.0121. The number of nitrogens with two attached hydrogens (primary N) is 1. The average Bonchev–Trinajstić information content (AvgIpc) is 3.39. The number of primary amides is 1. The van der Waals surface area contributed by atoms with Gasteiger partial charge in [0.25, 0.3) is 0 Å². The number of carbonyl (C=O) groups excluding carboxylic acids is 4. The standard InChI is InChI=1S/C27H37N7O5/c28-24(35)22(15-19-16-30-21-4-2-1-3-20(19)21)31-25(36)23-17-33(26(37)18-5-7-29-8-6-18)9-10-34(23)27(38)32-11-13-39-14-12-32/h1-4,16,18,22-23,29-30H,5-15,17H2,(H2,28,35)(H,31,36)/t22-,23-/m1/s1. The quantitative estimate of drug-likeness (QED) is 0.394. The van der Waals surface area contributed by atoms with E-state index in [9.17, 15) is 19.2 Å². The molecule has 0 spiro atoms. The Morgan fingerprint density at radius 3 is 2.51 bits per heavy atom. The van der Waals surface area contributed by atoms with Gasteiger partial charge in [0.2, 0.25) is 17.7 Å². The first-order valence-corrected chi connectivity index (χ1v) is 13.7. The zero-order valence-electron chi connectivity index (χ0n) is 22.1. The number of nitrogens with one attached hydrogen (secondary N) is 3. The maximum atomic E-state index is 13.7. The number of hydrogen-bond donors (Lipinski definition) is 4. The molecule has 0 unspecified atom stereocenters. The minimum atomic E-state index is -0.979. The Morgan fingerprint density at radius 1 is 1.03 bits per heavy atom. The Labute approximate surface area is 227 Å². The van der Waals surface area contributed by atoms with Gasteiger partial charge >= 0.3 is 6.03 Å². The Hall–Kier alpha value is -3.64. The number of rotatable bonds is 6. The van der Waals surface area contributed by atoms with Crippen molar-refractivity contribution in [3.63, 3.8) is 0 Å². The molecule has 3 fully saturated rings. The van der Waals surface area contributed by atoms with E-state index in [1.54, 1.807) is 16.0 Å². The van der Waals surface area contributed by atoms with Gasteiger partial charge < -0.3 is 40.8 Å². The predicted octanol–water partition coefficient (Wildman–Crippen LogP) is -0.355. The van der Waals surface area contributed by atoms with Crippen LogP contribution in [0.15, 0.2) is 30.5 Å². The van der Waals surface area contributed by atoms with E-state index in [1.807, 2.05) is 24.3 Å². The second-order valence-electron chi connectivity index (χ2n) is 10.4. The highest BCUT2D eigenvalue weighted by molar-refractivity contribution is 5.93. The van der Waals surface area contributed by atoms with Crippen LogP contribution in [0.2, 0.25) is 0 Å². The van der Waals surface area contributed by atoms with Crippen molar-refractivity contribution in [1.29, 1.82) is 0 Å². The van der Waals surface area contributed by atoms with Crippen LogP contribution in [0.1, 0.15) is 18.4 Å². The number of piperidine rings is 1. The monoisotopic (exact) mass is 539 g/mol. The smallest absolute Gasteiger partial charge is 0.320 e. The van der Waals surface area contributed by atoms with Crippen molar-refractivity contribution in [3.05, 3.63) is 36.0 Å². The number of aromatic amines is 1. The van der Waals surface area contributed by atoms with Gasteiger partial charge in [0.15, 0.2) is 0 Å². The highest BCUT2D eigenvalue weighted by Crippen LogP contribution is 2.22. The van der Waals surface area contributed by atoms with Crippen molar-refractivity contribution in [2.24, 2.45) is 11.7 Å². The third-order valence-corrected chi connectivity index (χ3v) is 7.97. The number of piperazine rings is 1. The van der Waals surface area contributed by atoms with Gasteiger partial charge in [0, 0.05) is 55.6 Å². The molecule has 3 aliphatic heterocycles. The Bertz CT molecular complexity index is 1200. The van der Waals surface area contributed by atoms with E-state index in [1.165, 1.54) is 4.90 Å².